The summed E-state index contributed by atoms with van der Waals surface area (Å²) in [7, 11) is 0. The summed E-state index contributed by atoms with van der Waals surface area (Å²) >= 11 is 0. The van der Waals surface area contributed by atoms with Gasteiger partial charge in [-0.05, 0) is 6.08 Å². The zero-order valence-electron chi connectivity index (χ0n) is 6.00. The molecular formula is C7H9N3O. The predicted molar refractivity (Wildman–Crippen MR) is 43.0 cm³/mol. The fourth-order valence-electron chi connectivity index (χ4n) is 0.802. The fourth-order valence-corrected chi connectivity index (χ4v) is 0.802. The van der Waals surface area contributed by atoms with Crippen LogP contribution in [-0.4, -0.2) is 24.9 Å². The Labute approximate surface area is 64.5 Å². The van der Waals surface area contributed by atoms with Crippen LogP contribution in [0.15, 0.2) is 16.8 Å². The monoisotopic (exact) mass is 151 g/mol. The Morgan fingerprint density at radius 3 is 3.09 bits per heavy atom. The smallest absolute Gasteiger partial charge is 0.207 e. The number of nitrogens with one attached hydrogen (secondary N) is 2. The first-order valence-electron chi connectivity index (χ1n) is 3.33. The van der Waals surface area contributed by atoms with Crippen LogP contribution in [0.1, 0.15) is 6.42 Å². The summed E-state index contributed by atoms with van der Waals surface area (Å²) < 4.78 is 0. The molecule has 1 amide bonds. The van der Waals surface area contributed by atoms with E-state index in [4.69, 9.17) is 5.41 Å². The maximum Gasteiger partial charge on any atom is 0.207 e. The third-order valence-corrected chi connectivity index (χ3v) is 1.30. The van der Waals surface area contributed by atoms with Crippen molar-refractivity contribution in [3.63, 3.8) is 0 Å². The molecule has 0 atom stereocenters. The van der Waals surface area contributed by atoms with E-state index in [0.717, 1.165) is 5.70 Å². The molecule has 0 saturated heterocycles. The summed E-state index contributed by atoms with van der Waals surface area (Å²) in [6.07, 6.45) is 4.53. The van der Waals surface area contributed by atoms with E-state index >= 15 is 0 Å². The van der Waals surface area contributed by atoms with Gasteiger partial charge in [0.05, 0.1) is 11.9 Å². The van der Waals surface area contributed by atoms with Crippen molar-refractivity contribution >= 4 is 18.3 Å². The van der Waals surface area contributed by atoms with Crippen LogP contribution in [-0.2, 0) is 4.79 Å². The second-order valence-corrected chi connectivity index (χ2v) is 2.17. The molecule has 0 spiro atoms. The molecule has 1 rings (SSSR count). The molecule has 0 saturated carbocycles. The number of carbonyl (C=O) groups is 1. The molecular weight excluding hydrogens is 142 g/mol. The quantitative estimate of drug-likeness (QED) is 0.434. The zero-order valence-corrected chi connectivity index (χ0v) is 6.00. The Morgan fingerprint density at radius 1 is 1.73 bits per heavy atom. The van der Waals surface area contributed by atoms with Crippen LogP contribution in [0.2, 0.25) is 0 Å². The number of rotatable bonds is 4. The summed E-state index contributed by atoms with van der Waals surface area (Å²) in [5, 5.41) is 9.67. The SMILES string of the molecule is N=C1C=NC(CCNC=O)=C1. The molecule has 0 aliphatic carbocycles. The summed E-state index contributed by atoms with van der Waals surface area (Å²) in [5.41, 5.74) is 1.27. The molecule has 0 fully saturated rings. The highest BCUT2D eigenvalue weighted by Gasteiger charge is 2.01. The second kappa shape index (κ2) is 3.65. The number of amides is 1. The first-order chi connectivity index (χ1) is 5.33. The highest BCUT2D eigenvalue weighted by molar-refractivity contribution is 6.36. The van der Waals surface area contributed by atoms with E-state index in [-0.39, 0.29) is 0 Å². The number of hydrogen-bond acceptors (Lipinski definition) is 3. The van der Waals surface area contributed by atoms with E-state index in [1.807, 2.05) is 0 Å². The van der Waals surface area contributed by atoms with Crippen LogP contribution in [0.4, 0.5) is 0 Å². The van der Waals surface area contributed by atoms with Crippen LogP contribution >= 0.6 is 0 Å². The maximum absolute atomic E-state index is 9.83. The minimum Gasteiger partial charge on any atom is -0.358 e. The number of nitrogens with zero attached hydrogens (tertiary/aromatic N) is 1. The lowest BCUT2D eigenvalue weighted by Gasteiger charge is -1.95. The van der Waals surface area contributed by atoms with E-state index < -0.39 is 0 Å². The summed E-state index contributed by atoms with van der Waals surface area (Å²) in [6, 6.07) is 0. The first kappa shape index (κ1) is 7.65. The maximum atomic E-state index is 9.83. The van der Waals surface area contributed by atoms with Gasteiger partial charge in [-0.1, -0.05) is 0 Å². The van der Waals surface area contributed by atoms with E-state index in [1.54, 1.807) is 6.08 Å². The van der Waals surface area contributed by atoms with Gasteiger partial charge in [-0.3, -0.25) is 15.2 Å². The largest absolute Gasteiger partial charge is 0.358 e. The Kier molecular flexibility index (Phi) is 2.54. The molecule has 11 heavy (non-hydrogen) atoms. The molecule has 4 nitrogen and oxygen atoms in total. The second-order valence-electron chi connectivity index (χ2n) is 2.17. The van der Waals surface area contributed by atoms with Crippen molar-refractivity contribution in [1.82, 2.24) is 5.32 Å². The predicted octanol–water partition coefficient (Wildman–Crippen LogP) is 0.111. The molecule has 1 aliphatic rings. The van der Waals surface area contributed by atoms with Crippen molar-refractivity contribution in [2.24, 2.45) is 4.99 Å². The van der Waals surface area contributed by atoms with Crippen molar-refractivity contribution in [2.45, 2.75) is 6.42 Å². The van der Waals surface area contributed by atoms with Crippen molar-refractivity contribution in [2.75, 3.05) is 6.54 Å². The molecule has 0 radical (unpaired) electrons. The standard InChI is InChI=1S/C7H9N3O/c8-6-3-7(10-4-6)1-2-9-5-11/h3-5,8H,1-2H2,(H,9,11). The number of aliphatic imine (C=N–C) groups is 1. The minimum atomic E-state index is 0.422. The fraction of sp³-hybridized carbons (Fsp3) is 0.286. The Balaban J connectivity index is 2.28. The normalized spacial score (nSPS) is 14.9. The lowest BCUT2D eigenvalue weighted by molar-refractivity contribution is -0.109. The van der Waals surface area contributed by atoms with Crippen molar-refractivity contribution in [3.05, 3.63) is 11.8 Å². The average molecular weight is 151 g/mol. The third-order valence-electron chi connectivity index (χ3n) is 1.30. The molecule has 58 valence electrons. The molecule has 0 aromatic rings. The molecule has 4 heteroatoms. The molecule has 0 bridgehead atoms. The van der Waals surface area contributed by atoms with E-state index in [1.165, 1.54) is 6.21 Å². The minimum absolute atomic E-state index is 0.422. The Hall–Kier alpha value is -1.45. The van der Waals surface area contributed by atoms with Crippen LogP contribution < -0.4 is 5.32 Å². The average Bonchev–Trinajstić information content (AvgIpc) is 2.37. The summed E-state index contributed by atoms with van der Waals surface area (Å²) in [4.78, 5) is 13.8. The molecule has 0 aromatic carbocycles. The molecule has 1 aliphatic heterocycles. The molecule has 0 aromatic heterocycles. The molecule has 1 heterocycles. The lowest BCUT2D eigenvalue weighted by atomic mass is 10.3. The first-order valence-corrected chi connectivity index (χ1v) is 3.33. The van der Waals surface area contributed by atoms with Gasteiger partial charge in [0.15, 0.2) is 0 Å². The Bertz CT molecular complexity index is 230. The van der Waals surface area contributed by atoms with Crippen LogP contribution in [0.5, 0.6) is 0 Å². The van der Waals surface area contributed by atoms with Crippen molar-refractivity contribution in [3.8, 4) is 0 Å². The van der Waals surface area contributed by atoms with Gasteiger partial charge in [0.1, 0.15) is 0 Å². The summed E-state index contributed by atoms with van der Waals surface area (Å²) in [5.74, 6) is 0. The van der Waals surface area contributed by atoms with Gasteiger partial charge >= 0.3 is 0 Å². The number of carbonyl (C=O) groups excluding carboxylic acids is 1. The Morgan fingerprint density at radius 2 is 2.55 bits per heavy atom. The van der Waals surface area contributed by atoms with Crippen LogP contribution in [0.3, 0.4) is 0 Å². The summed E-state index contributed by atoms with van der Waals surface area (Å²) in [6.45, 7) is 0.583. The third kappa shape index (κ3) is 2.33. The van der Waals surface area contributed by atoms with Crippen LogP contribution in [0, 0.1) is 5.41 Å². The highest BCUT2D eigenvalue weighted by Crippen LogP contribution is 2.06. The van der Waals surface area contributed by atoms with Crippen molar-refractivity contribution in [1.29, 1.82) is 5.41 Å². The molecule has 0 unspecified atom stereocenters. The van der Waals surface area contributed by atoms with Crippen LogP contribution in [0.25, 0.3) is 0 Å². The van der Waals surface area contributed by atoms with E-state index in [0.29, 0.717) is 25.1 Å². The zero-order chi connectivity index (χ0) is 8.10. The van der Waals surface area contributed by atoms with Gasteiger partial charge in [-0.15, -0.1) is 0 Å². The van der Waals surface area contributed by atoms with E-state index in [2.05, 4.69) is 10.3 Å². The van der Waals surface area contributed by atoms with Gasteiger partial charge in [-0.2, -0.15) is 0 Å². The number of allylic oxidation sites excluding steroid dienone is 1. The van der Waals surface area contributed by atoms with Crippen molar-refractivity contribution < 1.29 is 4.79 Å². The van der Waals surface area contributed by atoms with Gasteiger partial charge in [0.2, 0.25) is 6.41 Å². The topological polar surface area (TPSA) is 65.3 Å². The number of hydrogen-bond donors (Lipinski definition) is 2. The lowest BCUT2D eigenvalue weighted by Crippen LogP contribution is -2.12. The molecule has 2 N–H and O–H groups in total. The van der Waals surface area contributed by atoms with Gasteiger partial charge in [0, 0.05) is 18.7 Å². The van der Waals surface area contributed by atoms with Gasteiger partial charge in [-0.25, -0.2) is 0 Å². The van der Waals surface area contributed by atoms with E-state index in [9.17, 15) is 4.79 Å². The van der Waals surface area contributed by atoms with Gasteiger partial charge < -0.3 is 5.32 Å². The highest BCUT2D eigenvalue weighted by atomic mass is 16.1. The van der Waals surface area contributed by atoms with Gasteiger partial charge in [0.25, 0.3) is 0 Å².